The fraction of sp³-hybridized carbons (Fsp3) is 0.500. The summed E-state index contributed by atoms with van der Waals surface area (Å²) in [5, 5.41) is 9.09. The van der Waals surface area contributed by atoms with Crippen LogP contribution < -0.4 is 4.74 Å². The van der Waals surface area contributed by atoms with Crippen molar-refractivity contribution in [2.75, 3.05) is 13.7 Å². The van der Waals surface area contributed by atoms with Crippen molar-refractivity contribution in [3.05, 3.63) is 29.6 Å². The first-order chi connectivity index (χ1) is 7.69. The van der Waals surface area contributed by atoms with Crippen LogP contribution in [0.25, 0.3) is 0 Å². The fourth-order valence-corrected chi connectivity index (χ4v) is 2.28. The Morgan fingerprint density at radius 2 is 2.25 bits per heavy atom. The molecule has 0 aromatic heterocycles. The highest BCUT2D eigenvalue weighted by atomic mass is 32.2. The van der Waals surface area contributed by atoms with Crippen LogP contribution in [0, 0.1) is 5.82 Å². The van der Waals surface area contributed by atoms with E-state index in [4.69, 9.17) is 9.84 Å². The molecular weight excluding hydrogens is 227 g/mol. The van der Waals surface area contributed by atoms with Crippen LogP contribution in [0.3, 0.4) is 0 Å². The molecule has 0 saturated heterocycles. The molecule has 0 aliphatic heterocycles. The second kappa shape index (κ2) is 6.76. The molecule has 1 atom stereocenters. The van der Waals surface area contributed by atoms with E-state index in [-0.39, 0.29) is 18.2 Å². The SMILES string of the molecule is COc1cccc(CSC(C)CCO)c1F. The van der Waals surface area contributed by atoms with Gasteiger partial charge >= 0.3 is 0 Å². The first-order valence-corrected chi connectivity index (χ1v) is 6.27. The molecule has 0 aliphatic carbocycles. The molecule has 4 heteroatoms. The van der Waals surface area contributed by atoms with Crippen LogP contribution in [0.2, 0.25) is 0 Å². The molecule has 0 saturated carbocycles. The van der Waals surface area contributed by atoms with Crippen molar-refractivity contribution in [3.8, 4) is 5.75 Å². The van der Waals surface area contributed by atoms with Crippen LogP contribution >= 0.6 is 11.8 Å². The lowest BCUT2D eigenvalue weighted by atomic mass is 10.2. The molecule has 1 N–H and O–H groups in total. The molecule has 0 heterocycles. The lowest BCUT2D eigenvalue weighted by Gasteiger charge is -2.11. The molecule has 0 bridgehead atoms. The summed E-state index contributed by atoms with van der Waals surface area (Å²) in [5.74, 6) is 0.603. The van der Waals surface area contributed by atoms with Gasteiger partial charge in [-0.15, -0.1) is 0 Å². The van der Waals surface area contributed by atoms with Gasteiger partial charge < -0.3 is 9.84 Å². The summed E-state index contributed by atoms with van der Waals surface area (Å²) >= 11 is 1.63. The first-order valence-electron chi connectivity index (χ1n) is 5.23. The van der Waals surface area contributed by atoms with Crippen LogP contribution in [0.15, 0.2) is 18.2 Å². The summed E-state index contributed by atoms with van der Waals surface area (Å²) in [6, 6.07) is 5.16. The molecule has 1 rings (SSSR count). The molecule has 0 radical (unpaired) electrons. The van der Waals surface area contributed by atoms with Crippen molar-refractivity contribution < 1.29 is 14.2 Å². The lowest BCUT2D eigenvalue weighted by Crippen LogP contribution is -2.01. The lowest BCUT2D eigenvalue weighted by molar-refractivity contribution is 0.289. The molecule has 1 aromatic carbocycles. The second-order valence-corrected chi connectivity index (χ2v) is 4.99. The number of aliphatic hydroxyl groups excluding tert-OH is 1. The third kappa shape index (κ3) is 3.68. The van der Waals surface area contributed by atoms with E-state index in [1.807, 2.05) is 6.92 Å². The Morgan fingerprint density at radius 1 is 1.50 bits per heavy atom. The topological polar surface area (TPSA) is 29.5 Å². The Labute approximate surface area is 99.8 Å². The first kappa shape index (κ1) is 13.3. The van der Waals surface area contributed by atoms with Gasteiger partial charge in [-0.2, -0.15) is 11.8 Å². The molecule has 0 aliphatic rings. The molecule has 1 aromatic rings. The van der Waals surface area contributed by atoms with Gasteiger partial charge in [0.1, 0.15) is 0 Å². The van der Waals surface area contributed by atoms with Gasteiger partial charge in [-0.1, -0.05) is 19.1 Å². The van der Waals surface area contributed by atoms with E-state index in [1.54, 1.807) is 30.0 Å². The van der Waals surface area contributed by atoms with Crippen molar-refractivity contribution in [1.82, 2.24) is 0 Å². The van der Waals surface area contributed by atoms with E-state index in [0.717, 1.165) is 6.42 Å². The summed E-state index contributed by atoms with van der Waals surface area (Å²) in [7, 11) is 1.46. The maximum Gasteiger partial charge on any atom is 0.169 e. The minimum atomic E-state index is -0.284. The Bertz CT molecular complexity index is 331. The van der Waals surface area contributed by atoms with Crippen molar-refractivity contribution in [1.29, 1.82) is 0 Å². The maximum absolute atomic E-state index is 13.7. The molecule has 90 valence electrons. The third-order valence-corrected chi connectivity index (χ3v) is 3.60. The zero-order chi connectivity index (χ0) is 12.0. The van der Waals surface area contributed by atoms with E-state index in [1.165, 1.54) is 7.11 Å². The number of hydrogen-bond donors (Lipinski definition) is 1. The van der Waals surface area contributed by atoms with Crippen LogP contribution in [-0.4, -0.2) is 24.1 Å². The van der Waals surface area contributed by atoms with Crippen molar-refractivity contribution in [3.63, 3.8) is 0 Å². The Morgan fingerprint density at radius 3 is 2.88 bits per heavy atom. The van der Waals surface area contributed by atoms with Crippen molar-refractivity contribution >= 4 is 11.8 Å². The van der Waals surface area contributed by atoms with Crippen molar-refractivity contribution in [2.45, 2.75) is 24.3 Å². The largest absolute Gasteiger partial charge is 0.494 e. The highest BCUT2D eigenvalue weighted by molar-refractivity contribution is 7.99. The average Bonchev–Trinajstić information content (AvgIpc) is 2.28. The van der Waals surface area contributed by atoms with E-state index in [9.17, 15) is 4.39 Å². The molecule has 1 unspecified atom stereocenters. The van der Waals surface area contributed by atoms with Gasteiger partial charge in [0.2, 0.25) is 0 Å². The fourth-order valence-electron chi connectivity index (χ4n) is 1.32. The molecule has 0 spiro atoms. The van der Waals surface area contributed by atoms with Gasteiger partial charge in [-0.3, -0.25) is 0 Å². The molecule has 0 amide bonds. The Balaban J connectivity index is 2.60. The summed E-state index contributed by atoms with van der Waals surface area (Å²) in [6.45, 7) is 2.20. The average molecular weight is 244 g/mol. The van der Waals surface area contributed by atoms with Gasteiger partial charge in [0.15, 0.2) is 11.6 Å². The van der Waals surface area contributed by atoms with Gasteiger partial charge in [-0.25, -0.2) is 4.39 Å². The number of methoxy groups -OCH3 is 1. The quantitative estimate of drug-likeness (QED) is 0.834. The summed E-state index contributed by atoms with van der Waals surface area (Å²) in [5.41, 5.74) is 0.647. The van der Waals surface area contributed by atoms with Crippen LogP contribution in [0.4, 0.5) is 4.39 Å². The minimum Gasteiger partial charge on any atom is -0.494 e. The molecule has 16 heavy (non-hydrogen) atoms. The van der Waals surface area contributed by atoms with Gasteiger partial charge in [0, 0.05) is 23.2 Å². The number of halogens is 1. The summed E-state index contributed by atoms with van der Waals surface area (Å²) in [6.07, 6.45) is 0.732. The Hall–Kier alpha value is -0.740. The molecule has 0 fully saturated rings. The number of benzene rings is 1. The van der Waals surface area contributed by atoms with Crippen LogP contribution in [0.1, 0.15) is 18.9 Å². The summed E-state index contributed by atoms with van der Waals surface area (Å²) in [4.78, 5) is 0. The predicted molar refractivity (Wildman–Crippen MR) is 65.4 cm³/mol. The van der Waals surface area contributed by atoms with Crippen LogP contribution in [-0.2, 0) is 5.75 Å². The number of rotatable bonds is 6. The van der Waals surface area contributed by atoms with E-state index >= 15 is 0 Å². The van der Waals surface area contributed by atoms with E-state index < -0.39 is 0 Å². The smallest absolute Gasteiger partial charge is 0.169 e. The highest BCUT2D eigenvalue weighted by Gasteiger charge is 2.09. The standard InChI is InChI=1S/C12H17FO2S/c1-9(6-7-14)16-8-10-4-3-5-11(15-2)12(10)13/h3-5,9,14H,6-8H2,1-2H3. The second-order valence-electron chi connectivity index (χ2n) is 3.57. The zero-order valence-corrected chi connectivity index (χ0v) is 10.4. The van der Waals surface area contributed by atoms with Gasteiger partial charge in [-0.05, 0) is 12.5 Å². The summed E-state index contributed by atoms with van der Waals surface area (Å²) < 4.78 is 18.6. The highest BCUT2D eigenvalue weighted by Crippen LogP contribution is 2.26. The molecule has 2 nitrogen and oxygen atoms in total. The number of hydrogen-bond acceptors (Lipinski definition) is 3. The number of aliphatic hydroxyl groups is 1. The third-order valence-electron chi connectivity index (χ3n) is 2.32. The predicted octanol–water partition coefficient (Wildman–Crippen LogP) is 2.84. The normalized spacial score (nSPS) is 12.5. The minimum absolute atomic E-state index is 0.175. The van der Waals surface area contributed by atoms with E-state index in [2.05, 4.69) is 0 Å². The zero-order valence-electron chi connectivity index (χ0n) is 9.57. The van der Waals surface area contributed by atoms with E-state index in [0.29, 0.717) is 16.6 Å². The monoisotopic (exact) mass is 244 g/mol. The number of thioether (sulfide) groups is 1. The number of ether oxygens (including phenoxy) is 1. The molecular formula is C12H17FO2S. The maximum atomic E-state index is 13.7. The van der Waals surface area contributed by atoms with Gasteiger partial charge in [0.25, 0.3) is 0 Å². The van der Waals surface area contributed by atoms with Crippen molar-refractivity contribution in [2.24, 2.45) is 0 Å². The Kier molecular flexibility index (Phi) is 5.63. The van der Waals surface area contributed by atoms with Gasteiger partial charge in [0.05, 0.1) is 7.11 Å². The van der Waals surface area contributed by atoms with Crippen LogP contribution in [0.5, 0.6) is 5.75 Å².